The second-order valence-electron chi connectivity index (χ2n) is 7.95. The Morgan fingerprint density at radius 1 is 0.833 bits per heavy atom. The SMILES string of the molecule is Cc1cccc(C(CC=Cc2cncn2Cc2ccccc2)c2cccc(C)c2)c1. The Kier molecular flexibility index (Phi) is 6.24. The minimum Gasteiger partial charge on any atom is -0.327 e. The molecule has 2 heteroatoms. The standard InChI is InChI=1S/C28H28N2/c1-22-9-6-13-25(17-22)28(26-14-7-10-23(2)18-26)16-8-15-27-19-29-21-30(27)20-24-11-4-3-5-12-24/h3-15,17-19,21,28H,16,20H2,1-2H3. The van der Waals surface area contributed by atoms with Gasteiger partial charge in [-0.15, -0.1) is 0 Å². The average Bonchev–Trinajstić information content (AvgIpc) is 3.19. The molecule has 0 aliphatic carbocycles. The van der Waals surface area contributed by atoms with Gasteiger partial charge >= 0.3 is 0 Å². The van der Waals surface area contributed by atoms with Crippen LogP contribution in [0.4, 0.5) is 0 Å². The third-order valence-corrected chi connectivity index (χ3v) is 5.49. The minimum absolute atomic E-state index is 0.339. The summed E-state index contributed by atoms with van der Waals surface area (Å²) in [5, 5.41) is 0. The first-order chi connectivity index (χ1) is 14.7. The van der Waals surface area contributed by atoms with Crippen LogP contribution in [0.25, 0.3) is 6.08 Å². The third kappa shape index (κ3) is 4.96. The number of nitrogens with zero attached hydrogens (tertiary/aromatic N) is 2. The number of rotatable bonds is 7. The monoisotopic (exact) mass is 392 g/mol. The molecule has 0 atom stereocenters. The van der Waals surface area contributed by atoms with Gasteiger partial charge in [-0.25, -0.2) is 4.98 Å². The molecule has 0 fully saturated rings. The van der Waals surface area contributed by atoms with Crippen molar-refractivity contribution >= 4 is 6.08 Å². The molecule has 0 aliphatic heterocycles. The first-order valence-electron chi connectivity index (χ1n) is 10.5. The van der Waals surface area contributed by atoms with E-state index in [4.69, 9.17) is 0 Å². The second-order valence-corrected chi connectivity index (χ2v) is 7.95. The van der Waals surface area contributed by atoms with E-state index < -0.39 is 0 Å². The number of allylic oxidation sites excluding steroid dienone is 1. The zero-order valence-corrected chi connectivity index (χ0v) is 17.7. The maximum Gasteiger partial charge on any atom is 0.0953 e. The first kappa shape index (κ1) is 19.9. The molecule has 1 aromatic heterocycles. The Labute approximate surface area is 179 Å². The highest BCUT2D eigenvalue weighted by Gasteiger charge is 2.13. The average molecular weight is 393 g/mol. The molecule has 0 unspecified atom stereocenters. The summed E-state index contributed by atoms with van der Waals surface area (Å²) in [5.41, 5.74) is 7.74. The van der Waals surface area contributed by atoms with E-state index in [9.17, 15) is 0 Å². The Bertz CT molecular complexity index is 1080. The number of imidazole rings is 1. The zero-order chi connectivity index (χ0) is 20.8. The van der Waals surface area contributed by atoms with Crippen molar-refractivity contribution in [2.45, 2.75) is 32.7 Å². The Balaban J connectivity index is 1.56. The van der Waals surface area contributed by atoms with E-state index >= 15 is 0 Å². The van der Waals surface area contributed by atoms with Crippen molar-refractivity contribution < 1.29 is 0 Å². The third-order valence-electron chi connectivity index (χ3n) is 5.49. The van der Waals surface area contributed by atoms with Crippen LogP contribution in [0.15, 0.2) is 97.5 Å². The number of hydrogen-bond donors (Lipinski definition) is 0. The molecule has 2 nitrogen and oxygen atoms in total. The molecule has 0 bridgehead atoms. The van der Waals surface area contributed by atoms with Crippen molar-refractivity contribution in [2.75, 3.05) is 0 Å². The highest BCUT2D eigenvalue weighted by atomic mass is 15.0. The molecule has 0 aliphatic rings. The van der Waals surface area contributed by atoms with Gasteiger partial charge in [-0.05, 0) is 43.0 Å². The Hall–Kier alpha value is -3.39. The van der Waals surface area contributed by atoms with Gasteiger partial charge in [-0.1, -0.05) is 96.1 Å². The van der Waals surface area contributed by atoms with Crippen LogP contribution in [-0.2, 0) is 6.54 Å². The summed E-state index contributed by atoms with van der Waals surface area (Å²) in [6.45, 7) is 5.16. The largest absolute Gasteiger partial charge is 0.327 e. The van der Waals surface area contributed by atoms with E-state index in [0.29, 0.717) is 5.92 Å². The van der Waals surface area contributed by atoms with Gasteiger partial charge in [0.15, 0.2) is 0 Å². The van der Waals surface area contributed by atoms with E-state index in [1.54, 1.807) is 0 Å². The molecule has 150 valence electrons. The van der Waals surface area contributed by atoms with Crippen molar-refractivity contribution in [2.24, 2.45) is 0 Å². The summed E-state index contributed by atoms with van der Waals surface area (Å²) in [5.74, 6) is 0.339. The van der Waals surface area contributed by atoms with Crippen molar-refractivity contribution in [1.82, 2.24) is 9.55 Å². The predicted octanol–water partition coefficient (Wildman–Crippen LogP) is 6.78. The van der Waals surface area contributed by atoms with Crippen LogP contribution in [0, 0.1) is 13.8 Å². The Morgan fingerprint density at radius 2 is 1.50 bits per heavy atom. The fraction of sp³-hybridized carbons (Fsp3) is 0.179. The molecule has 30 heavy (non-hydrogen) atoms. The molecule has 1 heterocycles. The second kappa shape index (κ2) is 9.41. The molecule has 4 rings (SSSR count). The van der Waals surface area contributed by atoms with Crippen LogP contribution in [0.1, 0.15) is 45.8 Å². The van der Waals surface area contributed by atoms with Crippen molar-refractivity contribution in [3.8, 4) is 0 Å². The van der Waals surface area contributed by atoms with Gasteiger partial charge in [0.1, 0.15) is 0 Å². The van der Waals surface area contributed by atoms with E-state index in [0.717, 1.165) is 18.7 Å². The molecule has 0 saturated carbocycles. The van der Waals surface area contributed by atoms with Crippen molar-refractivity contribution in [1.29, 1.82) is 0 Å². The maximum atomic E-state index is 4.37. The summed E-state index contributed by atoms with van der Waals surface area (Å²) in [4.78, 5) is 4.37. The lowest BCUT2D eigenvalue weighted by molar-refractivity contribution is 0.787. The fourth-order valence-electron chi connectivity index (χ4n) is 3.95. The van der Waals surface area contributed by atoms with Gasteiger partial charge in [-0.2, -0.15) is 0 Å². The lowest BCUT2D eigenvalue weighted by atomic mass is 9.87. The molecule has 0 spiro atoms. The summed E-state index contributed by atoms with van der Waals surface area (Å²) in [7, 11) is 0. The molecule has 0 radical (unpaired) electrons. The van der Waals surface area contributed by atoms with E-state index in [-0.39, 0.29) is 0 Å². The number of benzene rings is 3. The van der Waals surface area contributed by atoms with Gasteiger partial charge in [0, 0.05) is 12.5 Å². The van der Waals surface area contributed by atoms with E-state index in [1.165, 1.54) is 27.8 Å². The quantitative estimate of drug-likeness (QED) is 0.339. The molecule has 0 N–H and O–H groups in total. The van der Waals surface area contributed by atoms with Crippen molar-refractivity contribution in [3.63, 3.8) is 0 Å². The van der Waals surface area contributed by atoms with Crippen LogP contribution in [-0.4, -0.2) is 9.55 Å². The molecule has 3 aromatic carbocycles. The highest BCUT2D eigenvalue weighted by molar-refractivity contribution is 5.46. The van der Waals surface area contributed by atoms with Gasteiger partial charge in [0.25, 0.3) is 0 Å². The van der Waals surface area contributed by atoms with E-state index in [2.05, 4.69) is 114 Å². The van der Waals surface area contributed by atoms with Gasteiger partial charge in [0.05, 0.1) is 18.2 Å². The lowest BCUT2D eigenvalue weighted by Crippen LogP contribution is -2.02. The Morgan fingerprint density at radius 3 is 2.13 bits per heavy atom. The van der Waals surface area contributed by atoms with Gasteiger partial charge in [-0.3, -0.25) is 0 Å². The normalized spacial score (nSPS) is 11.4. The van der Waals surface area contributed by atoms with Crippen molar-refractivity contribution in [3.05, 3.63) is 131 Å². The molecule has 0 saturated heterocycles. The van der Waals surface area contributed by atoms with Crippen LogP contribution in [0.5, 0.6) is 0 Å². The zero-order valence-electron chi connectivity index (χ0n) is 17.7. The molecule has 0 amide bonds. The smallest absolute Gasteiger partial charge is 0.0953 e. The predicted molar refractivity (Wildman–Crippen MR) is 126 cm³/mol. The highest BCUT2D eigenvalue weighted by Crippen LogP contribution is 2.30. The number of aryl methyl sites for hydroxylation is 2. The maximum absolute atomic E-state index is 4.37. The first-order valence-corrected chi connectivity index (χ1v) is 10.5. The summed E-state index contributed by atoms with van der Waals surface area (Å²) < 4.78 is 2.19. The van der Waals surface area contributed by atoms with Crippen LogP contribution in [0.3, 0.4) is 0 Å². The number of aromatic nitrogens is 2. The molecule has 4 aromatic rings. The lowest BCUT2D eigenvalue weighted by Gasteiger charge is -2.18. The molecular weight excluding hydrogens is 364 g/mol. The van der Waals surface area contributed by atoms with Crippen LogP contribution < -0.4 is 0 Å². The van der Waals surface area contributed by atoms with E-state index in [1.807, 2.05) is 12.5 Å². The van der Waals surface area contributed by atoms with Crippen LogP contribution in [0.2, 0.25) is 0 Å². The topological polar surface area (TPSA) is 17.8 Å². The van der Waals surface area contributed by atoms with Crippen LogP contribution >= 0.6 is 0 Å². The summed E-state index contributed by atoms with van der Waals surface area (Å²) in [6.07, 6.45) is 9.28. The summed E-state index contributed by atoms with van der Waals surface area (Å²) in [6, 6.07) is 28.3. The van der Waals surface area contributed by atoms with Gasteiger partial charge < -0.3 is 4.57 Å². The number of hydrogen-bond acceptors (Lipinski definition) is 1. The summed E-state index contributed by atoms with van der Waals surface area (Å²) >= 11 is 0. The minimum atomic E-state index is 0.339. The van der Waals surface area contributed by atoms with Gasteiger partial charge in [0.2, 0.25) is 0 Å². The molecular formula is C28H28N2. The fourth-order valence-corrected chi connectivity index (χ4v) is 3.95.